The smallest absolute Gasteiger partial charge is 0.337 e. The summed E-state index contributed by atoms with van der Waals surface area (Å²) in [6, 6.07) is 4.75. The van der Waals surface area contributed by atoms with Crippen LogP contribution < -0.4 is 4.74 Å². The SMILES string of the molecule is COC(=O)c1ccc2c(c1)C(=O)C[C@@H](C)O2. The van der Waals surface area contributed by atoms with Gasteiger partial charge in [-0.25, -0.2) is 4.79 Å². The van der Waals surface area contributed by atoms with Gasteiger partial charge in [0.05, 0.1) is 18.2 Å². The average Bonchev–Trinajstić information content (AvgIpc) is 2.27. The maximum atomic E-state index is 11.7. The van der Waals surface area contributed by atoms with Crippen LogP contribution in [-0.4, -0.2) is 25.0 Å². The highest BCUT2D eigenvalue weighted by Gasteiger charge is 2.24. The summed E-state index contributed by atoms with van der Waals surface area (Å²) in [5.41, 5.74) is 0.828. The van der Waals surface area contributed by atoms with Crippen LogP contribution in [-0.2, 0) is 4.74 Å². The molecule has 0 fully saturated rings. The molecule has 16 heavy (non-hydrogen) atoms. The Labute approximate surface area is 93.2 Å². The molecule has 0 saturated heterocycles. The average molecular weight is 220 g/mol. The van der Waals surface area contributed by atoms with Crippen LogP contribution in [0.2, 0.25) is 0 Å². The second-order valence-corrected chi connectivity index (χ2v) is 3.76. The van der Waals surface area contributed by atoms with Crippen LogP contribution in [0.25, 0.3) is 0 Å². The van der Waals surface area contributed by atoms with Crippen molar-refractivity contribution in [2.24, 2.45) is 0 Å². The number of carbonyl (C=O) groups is 2. The second kappa shape index (κ2) is 3.96. The van der Waals surface area contributed by atoms with E-state index in [4.69, 9.17) is 4.74 Å². The van der Waals surface area contributed by atoms with E-state index in [1.165, 1.54) is 13.2 Å². The summed E-state index contributed by atoms with van der Waals surface area (Å²) < 4.78 is 10.1. The summed E-state index contributed by atoms with van der Waals surface area (Å²) in [4.78, 5) is 23.0. The molecule has 1 aromatic rings. The lowest BCUT2D eigenvalue weighted by Gasteiger charge is -2.22. The van der Waals surface area contributed by atoms with Crippen LogP contribution >= 0.6 is 0 Å². The number of rotatable bonds is 1. The first-order chi connectivity index (χ1) is 7.61. The molecular formula is C12H12O4. The van der Waals surface area contributed by atoms with Gasteiger partial charge in [-0.05, 0) is 25.1 Å². The summed E-state index contributed by atoms with van der Waals surface area (Å²) in [6.45, 7) is 1.84. The third-order valence-electron chi connectivity index (χ3n) is 2.50. The number of benzene rings is 1. The highest BCUT2D eigenvalue weighted by atomic mass is 16.5. The van der Waals surface area contributed by atoms with Gasteiger partial charge in [-0.3, -0.25) is 4.79 Å². The molecule has 0 N–H and O–H groups in total. The summed E-state index contributed by atoms with van der Waals surface area (Å²) >= 11 is 0. The number of ketones is 1. The van der Waals surface area contributed by atoms with Gasteiger partial charge in [0.1, 0.15) is 11.9 Å². The molecule has 2 rings (SSSR count). The van der Waals surface area contributed by atoms with Crippen molar-refractivity contribution in [3.63, 3.8) is 0 Å². The molecule has 1 aromatic carbocycles. The maximum Gasteiger partial charge on any atom is 0.337 e. The van der Waals surface area contributed by atoms with Gasteiger partial charge in [0.15, 0.2) is 5.78 Å². The van der Waals surface area contributed by atoms with Crippen molar-refractivity contribution in [3.8, 4) is 5.75 Å². The molecule has 0 aliphatic carbocycles. The third kappa shape index (κ3) is 1.78. The van der Waals surface area contributed by atoms with Gasteiger partial charge in [-0.15, -0.1) is 0 Å². The molecule has 84 valence electrons. The van der Waals surface area contributed by atoms with Gasteiger partial charge in [0, 0.05) is 6.42 Å². The minimum Gasteiger partial charge on any atom is -0.489 e. The van der Waals surface area contributed by atoms with E-state index in [1.807, 2.05) is 6.92 Å². The molecule has 0 saturated carbocycles. The standard InChI is InChI=1S/C12H12O4/c1-7-5-10(13)9-6-8(12(14)15-2)3-4-11(9)16-7/h3-4,6-7H,5H2,1-2H3/t7-/m1/s1. The Kier molecular flexibility index (Phi) is 2.64. The van der Waals surface area contributed by atoms with Crippen LogP contribution in [0.5, 0.6) is 5.75 Å². The Morgan fingerprint density at radius 2 is 2.25 bits per heavy atom. The van der Waals surface area contributed by atoms with Crippen molar-refractivity contribution in [1.82, 2.24) is 0 Å². The van der Waals surface area contributed by atoms with Gasteiger partial charge in [0.25, 0.3) is 0 Å². The van der Waals surface area contributed by atoms with Gasteiger partial charge >= 0.3 is 5.97 Å². The Morgan fingerprint density at radius 1 is 1.50 bits per heavy atom. The minimum absolute atomic E-state index is 0.000460. The largest absolute Gasteiger partial charge is 0.489 e. The number of carbonyl (C=O) groups excluding carboxylic acids is 2. The molecule has 0 unspecified atom stereocenters. The van der Waals surface area contributed by atoms with E-state index in [9.17, 15) is 9.59 Å². The molecule has 1 heterocycles. The van der Waals surface area contributed by atoms with Crippen molar-refractivity contribution in [3.05, 3.63) is 29.3 Å². The summed E-state index contributed by atoms with van der Waals surface area (Å²) in [5, 5.41) is 0. The van der Waals surface area contributed by atoms with Gasteiger partial charge in [0.2, 0.25) is 0 Å². The molecule has 0 amide bonds. The number of hydrogen-bond acceptors (Lipinski definition) is 4. The van der Waals surface area contributed by atoms with Gasteiger partial charge < -0.3 is 9.47 Å². The molecule has 0 aromatic heterocycles. The monoisotopic (exact) mass is 220 g/mol. The van der Waals surface area contributed by atoms with Crippen LogP contribution in [0.15, 0.2) is 18.2 Å². The number of fused-ring (bicyclic) bond motifs is 1. The van der Waals surface area contributed by atoms with Crippen molar-refractivity contribution in [1.29, 1.82) is 0 Å². The number of ether oxygens (including phenoxy) is 2. The molecule has 1 aliphatic heterocycles. The van der Waals surface area contributed by atoms with E-state index in [0.29, 0.717) is 23.3 Å². The Balaban J connectivity index is 2.42. The van der Waals surface area contributed by atoms with E-state index in [0.717, 1.165) is 0 Å². The first kappa shape index (κ1) is 10.7. The fourth-order valence-corrected chi connectivity index (χ4v) is 1.72. The number of Topliss-reactive ketones (excluding diaryl/α,β-unsaturated/α-hetero) is 1. The summed E-state index contributed by atoms with van der Waals surface area (Å²) in [7, 11) is 1.31. The zero-order valence-corrected chi connectivity index (χ0v) is 9.15. The lowest BCUT2D eigenvalue weighted by atomic mass is 9.99. The van der Waals surface area contributed by atoms with Gasteiger partial charge in [-0.2, -0.15) is 0 Å². The highest BCUT2D eigenvalue weighted by molar-refractivity contribution is 6.02. The second-order valence-electron chi connectivity index (χ2n) is 3.76. The molecule has 0 radical (unpaired) electrons. The number of hydrogen-bond donors (Lipinski definition) is 0. The third-order valence-corrected chi connectivity index (χ3v) is 2.50. The Hall–Kier alpha value is -1.84. The molecule has 1 atom stereocenters. The Bertz CT molecular complexity index is 450. The Morgan fingerprint density at radius 3 is 2.94 bits per heavy atom. The van der Waals surface area contributed by atoms with Crippen molar-refractivity contribution in [2.75, 3.05) is 7.11 Å². The van der Waals surface area contributed by atoms with E-state index in [-0.39, 0.29) is 11.9 Å². The van der Waals surface area contributed by atoms with E-state index in [2.05, 4.69) is 4.74 Å². The highest BCUT2D eigenvalue weighted by Crippen LogP contribution is 2.28. The first-order valence-electron chi connectivity index (χ1n) is 5.04. The molecule has 1 aliphatic rings. The lowest BCUT2D eigenvalue weighted by Crippen LogP contribution is -2.24. The molecule has 0 spiro atoms. The maximum absolute atomic E-state index is 11.7. The quantitative estimate of drug-likeness (QED) is 0.677. The molecule has 0 bridgehead atoms. The van der Waals surface area contributed by atoms with Crippen molar-refractivity contribution >= 4 is 11.8 Å². The van der Waals surface area contributed by atoms with Crippen molar-refractivity contribution in [2.45, 2.75) is 19.4 Å². The van der Waals surface area contributed by atoms with Crippen LogP contribution in [0.3, 0.4) is 0 Å². The minimum atomic E-state index is -0.450. The first-order valence-corrected chi connectivity index (χ1v) is 5.04. The van der Waals surface area contributed by atoms with E-state index in [1.54, 1.807) is 12.1 Å². The van der Waals surface area contributed by atoms with E-state index >= 15 is 0 Å². The van der Waals surface area contributed by atoms with Crippen LogP contribution in [0.1, 0.15) is 34.1 Å². The lowest BCUT2D eigenvalue weighted by molar-refractivity contribution is 0.0600. The summed E-state index contributed by atoms with van der Waals surface area (Å²) in [5.74, 6) is 0.0881. The van der Waals surface area contributed by atoms with Gasteiger partial charge in [-0.1, -0.05) is 0 Å². The zero-order valence-electron chi connectivity index (χ0n) is 9.15. The zero-order chi connectivity index (χ0) is 11.7. The molecule has 4 nitrogen and oxygen atoms in total. The summed E-state index contributed by atoms with van der Waals surface area (Å²) in [6.07, 6.45) is 0.237. The van der Waals surface area contributed by atoms with E-state index < -0.39 is 5.97 Å². The fourth-order valence-electron chi connectivity index (χ4n) is 1.72. The predicted molar refractivity (Wildman–Crippen MR) is 56.8 cm³/mol. The fraction of sp³-hybridized carbons (Fsp3) is 0.333. The van der Waals surface area contributed by atoms with Crippen molar-refractivity contribution < 1.29 is 19.1 Å². The topological polar surface area (TPSA) is 52.6 Å². The predicted octanol–water partition coefficient (Wildman–Crippen LogP) is 1.83. The number of methoxy groups -OCH3 is 1. The normalized spacial score (nSPS) is 18.6. The number of esters is 1. The van der Waals surface area contributed by atoms with Crippen LogP contribution in [0.4, 0.5) is 0 Å². The molecule has 4 heteroatoms. The molecular weight excluding hydrogens is 208 g/mol. The van der Waals surface area contributed by atoms with Crippen LogP contribution in [0, 0.1) is 0 Å².